The summed E-state index contributed by atoms with van der Waals surface area (Å²) in [5, 5.41) is 4.41. The van der Waals surface area contributed by atoms with E-state index >= 15 is 0 Å². The zero-order chi connectivity index (χ0) is 19.2. The number of amidine groups is 1. The van der Waals surface area contributed by atoms with E-state index in [1.807, 2.05) is 12.4 Å². The van der Waals surface area contributed by atoms with Crippen LogP contribution < -0.4 is 0 Å². The summed E-state index contributed by atoms with van der Waals surface area (Å²) in [6.07, 6.45) is 8.11. The van der Waals surface area contributed by atoms with Gasteiger partial charge >= 0.3 is 5.97 Å². The maximum atomic E-state index is 12.3. The van der Waals surface area contributed by atoms with Crippen LogP contribution in [0, 0.1) is 0 Å². The van der Waals surface area contributed by atoms with Gasteiger partial charge in [0, 0.05) is 24.5 Å². The van der Waals surface area contributed by atoms with Crippen molar-refractivity contribution in [2.45, 2.75) is 32.7 Å². The molecule has 0 aromatic carbocycles. The predicted octanol–water partition coefficient (Wildman–Crippen LogP) is 3.05. The molecule has 0 radical (unpaired) electrons. The van der Waals surface area contributed by atoms with Crippen LogP contribution in [0.2, 0.25) is 0 Å². The van der Waals surface area contributed by atoms with Gasteiger partial charge in [-0.15, -0.1) is 0 Å². The van der Waals surface area contributed by atoms with Crippen molar-refractivity contribution >= 4 is 27.7 Å². The van der Waals surface area contributed by atoms with Gasteiger partial charge in [0.2, 0.25) is 0 Å². The summed E-state index contributed by atoms with van der Waals surface area (Å²) in [5.74, 6) is 0.519. The second kappa shape index (κ2) is 6.67. The minimum Gasteiger partial charge on any atom is -0.496 e. The second-order valence-corrected chi connectivity index (χ2v) is 7.93. The quantitative estimate of drug-likeness (QED) is 0.683. The van der Waals surface area contributed by atoms with Crippen LogP contribution in [0.4, 0.5) is 0 Å². The Morgan fingerprint density at radius 3 is 3.04 bits per heavy atom. The lowest BCUT2D eigenvalue weighted by Crippen LogP contribution is -2.38. The first kappa shape index (κ1) is 18.0. The summed E-state index contributed by atoms with van der Waals surface area (Å²) in [6, 6.07) is 0. The van der Waals surface area contributed by atoms with Crippen LogP contribution in [0.1, 0.15) is 32.8 Å². The number of carbonyl (C=O) groups excluding carboxylic acids is 1. The molecule has 0 saturated heterocycles. The van der Waals surface area contributed by atoms with E-state index in [-0.39, 0.29) is 5.97 Å². The first-order valence-electron chi connectivity index (χ1n) is 8.91. The maximum Gasteiger partial charge on any atom is 0.333 e. The zero-order valence-electron chi connectivity index (χ0n) is 15.5. The molecule has 0 saturated carbocycles. The Labute approximate surface area is 166 Å². The molecule has 0 amide bonds. The molecular formula is C19H21BrN4O3. The molecule has 27 heavy (non-hydrogen) atoms. The summed E-state index contributed by atoms with van der Waals surface area (Å²) in [5.41, 5.74) is 3.42. The molecule has 142 valence electrons. The van der Waals surface area contributed by atoms with E-state index in [9.17, 15) is 4.79 Å². The van der Waals surface area contributed by atoms with Gasteiger partial charge in [-0.2, -0.15) is 5.10 Å². The number of hydrogen-bond acceptors (Lipinski definition) is 6. The number of aliphatic imine (C=N–C) groups is 1. The summed E-state index contributed by atoms with van der Waals surface area (Å²) >= 11 is 3.57. The van der Waals surface area contributed by atoms with Crippen LogP contribution in [-0.4, -0.2) is 46.2 Å². The largest absolute Gasteiger partial charge is 0.496 e. The molecule has 0 aliphatic carbocycles. The lowest BCUT2D eigenvalue weighted by molar-refractivity contribution is -0.152. The molecule has 3 aliphatic rings. The number of allylic oxidation sites excluding steroid dienone is 1. The van der Waals surface area contributed by atoms with Crippen molar-refractivity contribution in [1.82, 2.24) is 14.7 Å². The molecule has 4 heterocycles. The van der Waals surface area contributed by atoms with E-state index in [1.54, 1.807) is 37.9 Å². The van der Waals surface area contributed by atoms with Crippen molar-refractivity contribution in [1.29, 1.82) is 0 Å². The van der Waals surface area contributed by atoms with Crippen molar-refractivity contribution in [2.75, 3.05) is 19.8 Å². The van der Waals surface area contributed by atoms with Crippen molar-refractivity contribution < 1.29 is 14.3 Å². The monoisotopic (exact) mass is 432 g/mol. The van der Waals surface area contributed by atoms with E-state index in [2.05, 4.69) is 30.9 Å². The van der Waals surface area contributed by atoms with Crippen molar-refractivity contribution in [3.05, 3.63) is 51.7 Å². The highest BCUT2D eigenvalue weighted by Gasteiger charge is 2.36. The third kappa shape index (κ3) is 2.92. The van der Waals surface area contributed by atoms with E-state index in [4.69, 9.17) is 9.47 Å². The minimum atomic E-state index is -0.887. The molecule has 1 aromatic heterocycles. The molecule has 0 bridgehead atoms. The Morgan fingerprint density at radius 1 is 1.44 bits per heavy atom. The predicted molar refractivity (Wildman–Crippen MR) is 104 cm³/mol. The highest BCUT2D eigenvalue weighted by molar-refractivity contribution is 9.12. The van der Waals surface area contributed by atoms with Gasteiger partial charge in [-0.3, -0.25) is 4.68 Å². The fraction of sp³-hybridized carbons (Fsp3) is 0.421. The number of nitrogens with zero attached hydrogens (tertiary/aromatic N) is 4. The van der Waals surface area contributed by atoms with E-state index < -0.39 is 5.54 Å². The van der Waals surface area contributed by atoms with Crippen LogP contribution in [0.25, 0.3) is 0 Å². The van der Waals surface area contributed by atoms with E-state index in [0.29, 0.717) is 13.2 Å². The first-order valence-corrected chi connectivity index (χ1v) is 9.71. The average Bonchev–Trinajstić information content (AvgIpc) is 3.26. The van der Waals surface area contributed by atoms with Crippen molar-refractivity contribution in [3.8, 4) is 0 Å². The zero-order valence-corrected chi connectivity index (χ0v) is 17.1. The summed E-state index contributed by atoms with van der Waals surface area (Å²) in [7, 11) is 0. The summed E-state index contributed by atoms with van der Waals surface area (Å²) in [4.78, 5) is 19.2. The van der Waals surface area contributed by atoms with Gasteiger partial charge in [0.15, 0.2) is 5.54 Å². The number of halogens is 1. The molecule has 0 spiro atoms. The second-order valence-electron chi connectivity index (χ2n) is 7.08. The molecule has 0 atom stereocenters. The first-order chi connectivity index (χ1) is 12.9. The highest BCUT2D eigenvalue weighted by Crippen LogP contribution is 2.40. The minimum absolute atomic E-state index is 0.312. The molecule has 3 aliphatic heterocycles. The summed E-state index contributed by atoms with van der Waals surface area (Å²) < 4.78 is 13.3. The summed E-state index contributed by atoms with van der Waals surface area (Å²) in [6.45, 7) is 7.15. The number of rotatable bonds is 4. The van der Waals surface area contributed by atoms with Gasteiger partial charge in [-0.1, -0.05) is 0 Å². The lowest BCUT2D eigenvalue weighted by Gasteiger charge is -2.28. The molecule has 4 rings (SSSR count). The van der Waals surface area contributed by atoms with Gasteiger partial charge in [0.05, 0.1) is 34.8 Å². The van der Waals surface area contributed by atoms with Crippen LogP contribution in [0.5, 0.6) is 0 Å². The average molecular weight is 433 g/mol. The SMILES string of the molecule is CCOC(=O)C(C)(C)n1cc(C2=NC=C3C(Br)=COCC4=C3N2CC4)cn1. The standard InChI is InChI=1S/C19H21BrN4O3/c1-4-27-18(25)19(2,3)24-9-13(7-22-24)17-21-8-14-15(20)11-26-10-12-5-6-23(17)16(12)14/h7-9,11H,4-6,10H2,1-3H3. The van der Waals surface area contributed by atoms with Gasteiger partial charge in [-0.05, 0) is 48.7 Å². The Hall–Kier alpha value is -2.35. The number of esters is 1. The molecule has 7 nitrogen and oxygen atoms in total. The van der Waals surface area contributed by atoms with Crippen molar-refractivity contribution in [2.24, 2.45) is 4.99 Å². The Kier molecular flexibility index (Phi) is 4.46. The molecule has 8 heteroatoms. The van der Waals surface area contributed by atoms with E-state index in [0.717, 1.165) is 40.1 Å². The third-order valence-corrected chi connectivity index (χ3v) is 5.57. The van der Waals surface area contributed by atoms with Crippen LogP contribution in [0.15, 0.2) is 51.2 Å². The number of ether oxygens (including phenoxy) is 2. The fourth-order valence-corrected chi connectivity index (χ4v) is 3.86. The van der Waals surface area contributed by atoms with Crippen LogP contribution in [-0.2, 0) is 19.8 Å². The fourth-order valence-electron chi connectivity index (χ4n) is 3.44. The number of carbonyl (C=O) groups is 1. The Balaban J connectivity index is 1.70. The molecular weight excluding hydrogens is 412 g/mol. The molecule has 0 fully saturated rings. The van der Waals surface area contributed by atoms with Crippen LogP contribution >= 0.6 is 15.9 Å². The van der Waals surface area contributed by atoms with Crippen LogP contribution in [0.3, 0.4) is 0 Å². The lowest BCUT2D eigenvalue weighted by atomic mass is 10.1. The van der Waals surface area contributed by atoms with Gasteiger partial charge in [0.25, 0.3) is 0 Å². The maximum absolute atomic E-state index is 12.3. The van der Waals surface area contributed by atoms with E-state index in [1.165, 1.54) is 5.57 Å². The molecule has 0 unspecified atom stereocenters. The third-order valence-electron chi connectivity index (χ3n) is 4.96. The highest BCUT2D eigenvalue weighted by atomic mass is 79.9. The van der Waals surface area contributed by atoms with Gasteiger partial charge in [-0.25, -0.2) is 9.79 Å². The smallest absolute Gasteiger partial charge is 0.333 e. The Bertz CT molecular complexity index is 923. The van der Waals surface area contributed by atoms with Gasteiger partial charge < -0.3 is 14.4 Å². The number of aromatic nitrogens is 2. The molecule has 0 N–H and O–H groups in total. The topological polar surface area (TPSA) is 69.0 Å². The van der Waals surface area contributed by atoms with Crippen molar-refractivity contribution in [3.63, 3.8) is 0 Å². The molecule has 1 aromatic rings. The normalized spacial score (nSPS) is 19.0. The Morgan fingerprint density at radius 2 is 2.26 bits per heavy atom. The van der Waals surface area contributed by atoms with Gasteiger partial charge in [0.1, 0.15) is 12.4 Å². The number of hydrogen-bond donors (Lipinski definition) is 0.